The lowest BCUT2D eigenvalue weighted by molar-refractivity contribution is 0.286. The maximum absolute atomic E-state index is 8.51. The molecule has 0 aliphatic rings. The van der Waals surface area contributed by atoms with Crippen LogP contribution in [0, 0.1) is 0 Å². The third kappa shape index (κ3) is 3.02. The van der Waals surface area contributed by atoms with Crippen molar-refractivity contribution in [3.8, 4) is 0 Å². The highest BCUT2D eigenvalue weighted by molar-refractivity contribution is 5.02. The summed E-state index contributed by atoms with van der Waals surface area (Å²) in [6, 6.07) is 0. The zero-order valence-corrected chi connectivity index (χ0v) is 7.32. The highest BCUT2D eigenvalue weighted by Gasteiger charge is 1.93. The molecule has 0 fully saturated rings. The Hall–Kier alpha value is -0.870. The molecule has 12 heavy (non-hydrogen) atoms. The van der Waals surface area contributed by atoms with Gasteiger partial charge in [-0.25, -0.2) is 0 Å². The van der Waals surface area contributed by atoms with Gasteiger partial charge >= 0.3 is 0 Å². The Morgan fingerprint density at radius 3 is 3.08 bits per heavy atom. The van der Waals surface area contributed by atoms with Crippen LogP contribution in [0.15, 0.2) is 12.4 Å². The minimum absolute atomic E-state index is 0.250. The van der Waals surface area contributed by atoms with Gasteiger partial charge in [0, 0.05) is 32.0 Å². The molecule has 0 aliphatic carbocycles. The number of hydrogen-bond donors (Lipinski definition) is 2. The fourth-order valence-electron chi connectivity index (χ4n) is 1.000. The van der Waals surface area contributed by atoms with Gasteiger partial charge < -0.3 is 10.4 Å². The van der Waals surface area contributed by atoms with Crippen molar-refractivity contribution in [2.45, 2.75) is 13.0 Å². The molecule has 2 N–H and O–H groups in total. The van der Waals surface area contributed by atoms with Crippen LogP contribution in [-0.2, 0) is 13.6 Å². The number of aliphatic hydroxyl groups excluding tert-OH is 1. The van der Waals surface area contributed by atoms with Gasteiger partial charge in [-0.1, -0.05) is 0 Å². The van der Waals surface area contributed by atoms with Crippen LogP contribution in [0.5, 0.6) is 0 Å². The summed E-state index contributed by atoms with van der Waals surface area (Å²) in [5, 5.41) is 15.8. The maximum Gasteiger partial charge on any atom is 0.0534 e. The van der Waals surface area contributed by atoms with Crippen LogP contribution >= 0.6 is 0 Å². The van der Waals surface area contributed by atoms with E-state index in [2.05, 4.69) is 10.4 Å². The molecule has 1 rings (SSSR count). The monoisotopic (exact) mass is 169 g/mol. The Balaban J connectivity index is 2.15. The van der Waals surface area contributed by atoms with Crippen LogP contribution in [0.3, 0.4) is 0 Å². The molecule has 0 saturated heterocycles. The number of nitrogens with one attached hydrogen (secondary N) is 1. The average Bonchev–Trinajstić information content (AvgIpc) is 2.45. The number of aliphatic hydroxyl groups is 1. The molecule has 0 saturated carbocycles. The predicted octanol–water partition coefficient (Wildman–Crippen LogP) is -0.108. The minimum Gasteiger partial charge on any atom is -0.396 e. The normalized spacial score (nSPS) is 10.5. The van der Waals surface area contributed by atoms with Crippen molar-refractivity contribution in [1.29, 1.82) is 0 Å². The summed E-state index contributed by atoms with van der Waals surface area (Å²) in [7, 11) is 1.90. The Labute approximate surface area is 72.2 Å². The van der Waals surface area contributed by atoms with E-state index in [0.717, 1.165) is 19.5 Å². The first kappa shape index (κ1) is 9.22. The van der Waals surface area contributed by atoms with E-state index in [1.54, 1.807) is 4.68 Å². The zero-order valence-electron chi connectivity index (χ0n) is 7.32. The number of hydrogen-bond acceptors (Lipinski definition) is 3. The number of aryl methyl sites for hydroxylation is 1. The van der Waals surface area contributed by atoms with Gasteiger partial charge in [-0.3, -0.25) is 4.68 Å². The first-order chi connectivity index (χ1) is 5.83. The lowest BCUT2D eigenvalue weighted by Gasteiger charge is -1.99. The summed E-state index contributed by atoms with van der Waals surface area (Å²) in [6.45, 7) is 1.93. The standard InChI is InChI=1S/C8H15N3O/c1-11-7-8(6-10-11)5-9-3-2-4-12/h6-7,9,12H,2-5H2,1H3. The molecular weight excluding hydrogens is 154 g/mol. The predicted molar refractivity (Wildman–Crippen MR) is 46.6 cm³/mol. The summed E-state index contributed by atoms with van der Waals surface area (Å²) in [4.78, 5) is 0. The molecule has 0 aromatic carbocycles. The Morgan fingerprint density at radius 2 is 2.50 bits per heavy atom. The summed E-state index contributed by atoms with van der Waals surface area (Å²) in [6.07, 6.45) is 4.62. The molecule has 0 radical (unpaired) electrons. The van der Waals surface area contributed by atoms with Crippen molar-refractivity contribution in [3.63, 3.8) is 0 Å². The van der Waals surface area contributed by atoms with Crippen molar-refractivity contribution < 1.29 is 5.11 Å². The van der Waals surface area contributed by atoms with E-state index >= 15 is 0 Å². The molecule has 1 aromatic heterocycles. The van der Waals surface area contributed by atoms with Crippen LogP contribution in [0.4, 0.5) is 0 Å². The van der Waals surface area contributed by atoms with Gasteiger partial charge in [0.1, 0.15) is 0 Å². The topological polar surface area (TPSA) is 50.1 Å². The first-order valence-corrected chi connectivity index (χ1v) is 4.12. The molecule has 0 bridgehead atoms. The summed E-state index contributed by atoms with van der Waals surface area (Å²) < 4.78 is 1.78. The molecule has 1 aromatic rings. The van der Waals surface area contributed by atoms with E-state index in [1.165, 1.54) is 5.56 Å². The third-order valence-electron chi connectivity index (χ3n) is 1.60. The highest BCUT2D eigenvalue weighted by Crippen LogP contribution is 1.94. The minimum atomic E-state index is 0.250. The molecule has 0 spiro atoms. The van der Waals surface area contributed by atoms with Gasteiger partial charge in [0.25, 0.3) is 0 Å². The van der Waals surface area contributed by atoms with Crippen molar-refractivity contribution >= 4 is 0 Å². The molecule has 0 aliphatic heterocycles. The molecule has 0 atom stereocenters. The Morgan fingerprint density at radius 1 is 1.67 bits per heavy atom. The maximum atomic E-state index is 8.51. The molecule has 0 amide bonds. The van der Waals surface area contributed by atoms with Gasteiger partial charge in [0.05, 0.1) is 6.20 Å². The Kier molecular flexibility index (Phi) is 3.76. The van der Waals surface area contributed by atoms with Gasteiger partial charge in [0.15, 0.2) is 0 Å². The van der Waals surface area contributed by atoms with Gasteiger partial charge in [-0.2, -0.15) is 5.10 Å². The first-order valence-electron chi connectivity index (χ1n) is 4.12. The van der Waals surface area contributed by atoms with E-state index < -0.39 is 0 Å². The number of rotatable bonds is 5. The molecule has 4 heteroatoms. The van der Waals surface area contributed by atoms with Gasteiger partial charge in [-0.05, 0) is 13.0 Å². The summed E-state index contributed by atoms with van der Waals surface area (Å²) in [5.74, 6) is 0. The van der Waals surface area contributed by atoms with Gasteiger partial charge in [-0.15, -0.1) is 0 Å². The van der Waals surface area contributed by atoms with Crippen LogP contribution in [0.25, 0.3) is 0 Å². The second kappa shape index (κ2) is 4.90. The number of aromatic nitrogens is 2. The van der Waals surface area contributed by atoms with E-state index in [9.17, 15) is 0 Å². The quantitative estimate of drug-likeness (QED) is 0.605. The van der Waals surface area contributed by atoms with E-state index in [4.69, 9.17) is 5.11 Å². The van der Waals surface area contributed by atoms with Crippen molar-refractivity contribution in [3.05, 3.63) is 18.0 Å². The van der Waals surface area contributed by atoms with Crippen molar-refractivity contribution in [1.82, 2.24) is 15.1 Å². The van der Waals surface area contributed by atoms with E-state index in [1.807, 2.05) is 19.4 Å². The van der Waals surface area contributed by atoms with Crippen LogP contribution in [0.1, 0.15) is 12.0 Å². The zero-order chi connectivity index (χ0) is 8.81. The van der Waals surface area contributed by atoms with Crippen LogP contribution < -0.4 is 5.32 Å². The van der Waals surface area contributed by atoms with Crippen molar-refractivity contribution in [2.24, 2.45) is 7.05 Å². The summed E-state index contributed by atoms with van der Waals surface area (Å²) in [5.41, 5.74) is 1.18. The van der Waals surface area contributed by atoms with Crippen LogP contribution in [0.2, 0.25) is 0 Å². The fraction of sp³-hybridized carbons (Fsp3) is 0.625. The van der Waals surface area contributed by atoms with Crippen LogP contribution in [-0.4, -0.2) is 28.0 Å². The van der Waals surface area contributed by atoms with Crippen molar-refractivity contribution in [2.75, 3.05) is 13.2 Å². The molecule has 4 nitrogen and oxygen atoms in total. The van der Waals surface area contributed by atoms with E-state index in [-0.39, 0.29) is 6.61 Å². The Bertz CT molecular complexity index is 222. The third-order valence-corrected chi connectivity index (χ3v) is 1.60. The smallest absolute Gasteiger partial charge is 0.0534 e. The molecule has 68 valence electrons. The summed E-state index contributed by atoms with van der Waals surface area (Å²) >= 11 is 0. The molecule has 0 unspecified atom stereocenters. The lowest BCUT2D eigenvalue weighted by Crippen LogP contribution is -2.15. The highest BCUT2D eigenvalue weighted by atomic mass is 16.3. The average molecular weight is 169 g/mol. The molecule has 1 heterocycles. The lowest BCUT2D eigenvalue weighted by atomic mass is 10.3. The fourth-order valence-corrected chi connectivity index (χ4v) is 1.000. The number of nitrogens with zero attached hydrogens (tertiary/aromatic N) is 2. The SMILES string of the molecule is Cn1cc(CNCCCO)cn1. The second-order valence-electron chi connectivity index (χ2n) is 2.78. The van der Waals surface area contributed by atoms with E-state index in [0.29, 0.717) is 0 Å². The largest absolute Gasteiger partial charge is 0.396 e. The second-order valence-corrected chi connectivity index (χ2v) is 2.78. The van der Waals surface area contributed by atoms with Gasteiger partial charge in [0.2, 0.25) is 0 Å². The molecular formula is C8H15N3O.